The van der Waals surface area contributed by atoms with Crippen LogP contribution in [0.2, 0.25) is 5.02 Å². The summed E-state index contributed by atoms with van der Waals surface area (Å²) in [5, 5.41) is 3.09. The van der Waals surface area contributed by atoms with Crippen LogP contribution in [0, 0.1) is 11.2 Å². The number of pyridine rings is 1. The number of alkyl halides is 4. The van der Waals surface area contributed by atoms with Crippen LogP contribution in [0.25, 0.3) is 22.2 Å². The third-order valence-electron chi connectivity index (χ3n) is 9.68. The Labute approximate surface area is 253 Å². The summed E-state index contributed by atoms with van der Waals surface area (Å²) in [5.41, 5.74) is 1.71. The van der Waals surface area contributed by atoms with Crippen molar-refractivity contribution in [3.63, 3.8) is 0 Å². The maximum Gasteiger partial charge on any atom is 0.418 e. The Morgan fingerprint density at radius 3 is 2.73 bits per heavy atom. The van der Waals surface area contributed by atoms with Gasteiger partial charge in [0, 0.05) is 47.8 Å². The monoisotopic (exact) mass is 638 g/mol. The number of aromatic nitrogens is 3. The molecular formula is C29H28ClF5N6O3. The minimum absolute atomic E-state index is 0.0289. The van der Waals surface area contributed by atoms with Gasteiger partial charge in [-0.2, -0.15) is 23.1 Å². The van der Waals surface area contributed by atoms with Crippen molar-refractivity contribution < 1.29 is 36.2 Å². The molecule has 0 spiro atoms. The maximum absolute atomic E-state index is 16.6. The molecule has 1 aliphatic carbocycles. The second-order valence-electron chi connectivity index (χ2n) is 12.7. The molecule has 1 aromatic carbocycles. The van der Waals surface area contributed by atoms with E-state index in [4.69, 9.17) is 36.5 Å². The number of nitrogens with one attached hydrogen (secondary N) is 1. The highest BCUT2D eigenvalue weighted by atomic mass is 35.5. The Morgan fingerprint density at radius 2 is 1.98 bits per heavy atom. The van der Waals surface area contributed by atoms with Gasteiger partial charge in [-0.15, -0.1) is 0 Å². The maximum atomic E-state index is 16.6. The van der Waals surface area contributed by atoms with Gasteiger partial charge in [0.2, 0.25) is 5.88 Å². The molecule has 0 amide bonds. The minimum Gasteiger partial charge on any atom is -0.477 e. The molecule has 9 nitrogen and oxygen atoms in total. The number of nitrogen functional groups attached to an aromatic ring is 1. The lowest BCUT2D eigenvalue weighted by molar-refractivity contribution is -0.137. The highest BCUT2D eigenvalue weighted by Gasteiger charge is 2.63. The second kappa shape index (κ2) is 9.63. The highest BCUT2D eigenvalue weighted by Crippen LogP contribution is 2.58. The summed E-state index contributed by atoms with van der Waals surface area (Å²) in [7, 11) is 0. The number of anilines is 2. The third-order valence-corrected chi connectivity index (χ3v) is 9.97. The standard InChI is InChI=1S/C29H28ClF5N6O3/c30-16-6-13(36)5-15(20(16)29(33,34)35)22-21(32)23-19-24(40-26(39-23)43-11-27-8-28(9-27,10-31)44-12-27)41-7-14-1-2-17(37-14)18(41)3-4-42-25(19)38-22/h5-6,14,17-18,37H,1-4,7-12,36H2/t14-,17+,18-,27?,28?/m1/s1. The van der Waals surface area contributed by atoms with Gasteiger partial charge in [-0.3, -0.25) is 0 Å². The molecule has 15 heteroatoms. The number of fused-ring (bicyclic) bond motifs is 6. The highest BCUT2D eigenvalue weighted by molar-refractivity contribution is 6.32. The first-order chi connectivity index (χ1) is 21.0. The Balaban J connectivity index is 1.30. The SMILES string of the molecule is Nc1cc(Cl)c(C(F)(F)F)c(-c2nc3c4c(nc(OCC56COC(CF)(C5)C6)nc4c2F)N2C[C@H]4CC[C@H](N4)[C@H]2CCO3)c1. The second-order valence-corrected chi connectivity index (χ2v) is 13.1. The summed E-state index contributed by atoms with van der Waals surface area (Å²) in [6.45, 7) is 0.613. The number of hydrogen-bond donors (Lipinski definition) is 2. The first kappa shape index (κ1) is 28.3. The van der Waals surface area contributed by atoms with Crippen molar-refractivity contribution in [3.05, 3.63) is 28.5 Å². The van der Waals surface area contributed by atoms with E-state index in [1.165, 1.54) is 0 Å². The third kappa shape index (κ3) is 4.27. The molecule has 6 aliphatic rings. The first-order valence-corrected chi connectivity index (χ1v) is 14.9. The van der Waals surface area contributed by atoms with E-state index in [0.717, 1.165) is 25.0 Å². The van der Waals surface area contributed by atoms with Gasteiger partial charge in [-0.05, 0) is 37.8 Å². The molecule has 3 atom stereocenters. The van der Waals surface area contributed by atoms with Crippen LogP contribution in [0.15, 0.2) is 12.1 Å². The van der Waals surface area contributed by atoms with Crippen molar-refractivity contribution >= 4 is 34.0 Å². The van der Waals surface area contributed by atoms with E-state index < -0.39 is 51.5 Å². The number of hydrogen-bond acceptors (Lipinski definition) is 9. The summed E-state index contributed by atoms with van der Waals surface area (Å²) >= 11 is 6.00. The first-order valence-electron chi connectivity index (χ1n) is 14.5. The molecule has 3 aromatic rings. The van der Waals surface area contributed by atoms with Gasteiger partial charge in [0.15, 0.2) is 5.82 Å². The quantitative estimate of drug-likeness (QED) is 0.292. The lowest BCUT2D eigenvalue weighted by atomic mass is 9.63. The number of ether oxygens (including phenoxy) is 3. The van der Waals surface area contributed by atoms with Crippen LogP contribution in [0.5, 0.6) is 11.9 Å². The number of rotatable bonds is 5. The van der Waals surface area contributed by atoms with Gasteiger partial charge in [-0.25, -0.2) is 13.8 Å². The molecule has 7 heterocycles. The normalized spacial score (nSPS) is 30.4. The zero-order valence-electron chi connectivity index (χ0n) is 23.3. The van der Waals surface area contributed by atoms with Crippen LogP contribution in [-0.4, -0.2) is 71.7 Å². The number of benzene rings is 1. The van der Waals surface area contributed by atoms with Crippen LogP contribution in [0.3, 0.4) is 0 Å². The zero-order valence-corrected chi connectivity index (χ0v) is 24.1. The molecule has 44 heavy (non-hydrogen) atoms. The smallest absolute Gasteiger partial charge is 0.418 e. The van der Waals surface area contributed by atoms with Gasteiger partial charge >= 0.3 is 12.2 Å². The van der Waals surface area contributed by atoms with E-state index >= 15 is 4.39 Å². The number of piperazine rings is 1. The summed E-state index contributed by atoms with van der Waals surface area (Å²) in [6.07, 6.45) is -1.48. The van der Waals surface area contributed by atoms with Crippen molar-refractivity contribution in [3.8, 4) is 23.1 Å². The van der Waals surface area contributed by atoms with Crippen molar-refractivity contribution in [1.82, 2.24) is 20.3 Å². The lowest BCUT2D eigenvalue weighted by Gasteiger charge is -2.43. The van der Waals surface area contributed by atoms with Crippen molar-refractivity contribution in [2.75, 3.05) is 43.7 Å². The average molecular weight is 639 g/mol. The molecule has 4 saturated heterocycles. The van der Waals surface area contributed by atoms with E-state index in [1.54, 1.807) is 0 Å². The predicted molar refractivity (Wildman–Crippen MR) is 150 cm³/mol. The average Bonchev–Trinajstić information content (AvgIpc) is 3.63. The molecule has 234 valence electrons. The predicted octanol–water partition coefficient (Wildman–Crippen LogP) is 5.07. The fraction of sp³-hybridized carbons (Fsp3) is 0.552. The molecule has 0 unspecified atom stereocenters. The molecular weight excluding hydrogens is 611 g/mol. The van der Waals surface area contributed by atoms with Crippen LogP contribution >= 0.6 is 11.6 Å². The van der Waals surface area contributed by atoms with Crippen LogP contribution in [-0.2, 0) is 10.9 Å². The fourth-order valence-corrected chi connectivity index (χ4v) is 8.18. The number of nitrogens with two attached hydrogens (primary N) is 1. The van der Waals surface area contributed by atoms with E-state index in [1.807, 2.05) is 0 Å². The Hall–Kier alpha value is -3.23. The minimum atomic E-state index is -4.94. The van der Waals surface area contributed by atoms with E-state index in [2.05, 4.69) is 20.2 Å². The van der Waals surface area contributed by atoms with Crippen molar-refractivity contribution in [2.24, 2.45) is 5.41 Å². The zero-order chi connectivity index (χ0) is 30.6. The van der Waals surface area contributed by atoms with Gasteiger partial charge in [0.25, 0.3) is 0 Å². The van der Waals surface area contributed by atoms with E-state index in [9.17, 15) is 17.6 Å². The fourth-order valence-electron chi connectivity index (χ4n) is 7.85. The molecule has 9 rings (SSSR count). The van der Waals surface area contributed by atoms with Crippen LogP contribution < -0.4 is 25.4 Å². The molecule has 5 aliphatic heterocycles. The van der Waals surface area contributed by atoms with Crippen molar-refractivity contribution in [1.29, 1.82) is 0 Å². The lowest BCUT2D eigenvalue weighted by Crippen LogP contribution is -2.59. The van der Waals surface area contributed by atoms with Crippen molar-refractivity contribution in [2.45, 2.75) is 62.0 Å². The molecule has 4 bridgehead atoms. The molecule has 5 fully saturated rings. The summed E-state index contributed by atoms with van der Waals surface area (Å²) in [6, 6.07) is 2.11. The van der Waals surface area contributed by atoms with E-state index in [-0.39, 0.29) is 59.8 Å². The summed E-state index contributed by atoms with van der Waals surface area (Å²) in [5.74, 6) is -0.872. The Kier molecular flexibility index (Phi) is 6.19. The number of halogens is 6. The van der Waals surface area contributed by atoms with Gasteiger partial charge in [-0.1, -0.05) is 11.6 Å². The summed E-state index contributed by atoms with van der Waals surface area (Å²) < 4.78 is 90.5. The topological polar surface area (TPSA) is 108 Å². The van der Waals surface area contributed by atoms with E-state index in [0.29, 0.717) is 38.2 Å². The molecule has 1 saturated carbocycles. The van der Waals surface area contributed by atoms with Gasteiger partial charge in [0.1, 0.15) is 29.1 Å². The molecule has 2 aromatic heterocycles. The van der Waals surface area contributed by atoms with Crippen LogP contribution in [0.4, 0.5) is 33.5 Å². The van der Waals surface area contributed by atoms with Crippen LogP contribution in [0.1, 0.15) is 37.7 Å². The summed E-state index contributed by atoms with van der Waals surface area (Å²) in [4.78, 5) is 15.5. The molecule has 3 N–H and O–H groups in total. The van der Waals surface area contributed by atoms with Gasteiger partial charge in [0.05, 0.1) is 36.0 Å². The Morgan fingerprint density at radius 1 is 1.16 bits per heavy atom. The number of nitrogens with zero attached hydrogens (tertiary/aromatic N) is 4. The molecule has 0 radical (unpaired) electrons. The Bertz CT molecular complexity index is 1690. The van der Waals surface area contributed by atoms with Gasteiger partial charge < -0.3 is 30.2 Å². The largest absolute Gasteiger partial charge is 0.477 e.